The molecule has 0 aliphatic carbocycles. The van der Waals surface area contributed by atoms with Crippen molar-refractivity contribution in [3.05, 3.63) is 71.3 Å². The molecule has 1 heterocycles. The predicted octanol–water partition coefficient (Wildman–Crippen LogP) is 5.42. The van der Waals surface area contributed by atoms with E-state index in [9.17, 15) is 22.5 Å². The zero-order valence-electron chi connectivity index (χ0n) is 16.6. The molecule has 1 fully saturated rings. The minimum Gasteiger partial charge on any atom is -0.329 e. The molecule has 162 valence electrons. The molecule has 2 atom stereocenters. The van der Waals surface area contributed by atoms with Crippen molar-refractivity contribution in [2.75, 3.05) is 13.2 Å². The quantitative estimate of drug-likeness (QED) is 0.405. The van der Waals surface area contributed by atoms with E-state index in [2.05, 4.69) is 0 Å². The SMILES string of the molecule is CCOP(=O)(OCC)[C@@H]1C(=O)N(Cc2ccccc2)[C@H]1c1ccc(C(F)(F)F)cc1. The molecule has 0 spiro atoms. The van der Waals surface area contributed by atoms with Crippen molar-refractivity contribution >= 4 is 13.5 Å². The summed E-state index contributed by atoms with van der Waals surface area (Å²) >= 11 is 0. The number of amides is 1. The van der Waals surface area contributed by atoms with Gasteiger partial charge in [0.1, 0.15) is 0 Å². The molecular weight excluding hydrogens is 418 g/mol. The Morgan fingerprint density at radius 3 is 2.03 bits per heavy atom. The molecule has 1 saturated heterocycles. The van der Waals surface area contributed by atoms with Gasteiger partial charge in [-0.1, -0.05) is 42.5 Å². The summed E-state index contributed by atoms with van der Waals surface area (Å²) in [4.78, 5) is 14.5. The first-order valence-electron chi connectivity index (χ1n) is 9.61. The van der Waals surface area contributed by atoms with Crippen LogP contribution in [0.25, 0.3) is 0 Å². The van der Waals surface area contributed by atoms with E-state index in [0.717, 1.165) is 17.7 Å². The first kappa shape index (κ1) is 22.5. The molecule has 0 radical (unpaired) electrons. The lowest BCUT2D eigenvalue weighted by atomic mass is 9.91. The van der Waals surface area contributed by atoms with E-state index in [1.165, 1.54) is 17.0 Å². The van der Waals surface area contributed by atoms with Crippen LogP contribution in [0.5, 0.6) is 0 Å². The zero-order chi connectivity index (χ0) is 21.9. The molecule has 0 unspecified atom stereocenters. The van der Waals surface area contributed by atoms with Gasteiger partial charge in [-0.05, 0) is 37.1 Å². The number of carbonyl (C=O) groups excluding carboxylic acids is 1. The van der Waals surface area contributed by atoms with Crippen LogP contribution in [0, 0.1) is 0 Å². The summed E-state index contributed by atoms with van der Waals surface area (Å²) in [5.41, 5.74) is -0.592. The van der Waals surface area contributed by atoms with E-state index < -0.39 is 36.9 Å². The van der Waals surface area contributed by atoms with Crippen molar-refractivity contribution in [2.45, 2.75) is 38.3 Å². The molecule has 0 N–H and O–H groups in total. The zero-order valence-corrected chi connectivity index (χ0v) is 17.5. The van der Waals surface area contributed by atoms with Crippen molar-refractivity contribution in [1.82, 2.24) is 4.90 Å². The molecule has 1 aliphatic heterocycles. The summed E-state index contributed by atoms with van der Waals surface area (Å²) in [7, 11) is -3.80. The number of hydrogen-bond acceptors (Lipinski definition) is 4. The van der Waals surface area contributed by atoms with Crippen LogP contribution in [-0.4, -0.2) is 29.7 Å². The maximum atomic E-state index is 13.3. The number of β-lactam (4-membered cyclic amide) rings is 1. The van der Waals surface area contributed by atoms with E-state index >= 15 is 0 Å². The van der Waals surface area contributed by atoms with Crippen molar-refractivity contribution < 1.29 is 31.6 Å². The number of nitrogens with zero attached hydrogens (tertiary/aromatic N) is 1. The molecule has 3 rings (SSSR count). The van der Waals surface area contributed by atoms with Crippen LogP contribution in [0.4, 0.5) is 13.2 Å². The van der Waals surface area contributed by atoms with E-state index in [1.807, 2.05) is 30.3 Å². The van der Waals surface area contributed by atoms with Crippen LogP contribution in [0.3, 0.4) is 0 Å². The molecule has 9 heteroatoms. The Labute approximate surface area is 173 Å². The Hall–Kier alpha value is -2.15. The monoisotopic (exact) mass is 441 g/mol. The fourth-order valence-corrected chi connectivity index (χ4v) is 5.80. The molecule has 0 aromatic heterocycles. The number of benzene rings is 2. The van der Waals surface area contributed by atoms with Crippen LogP contribution >= 0.6 is 7.60 Å². The number of hydrogen-bond donors (Lipinski definition) is 0. The summed E-state index contributed by atoms with van der Waals surface area (Å²) in [5.74, 6) is -0.408. The lowest BCUT2D eigenvalue weighted by Gasteiger charge is -2.49. The highest BCUT2D eigenvalue weighted by molar-refractivity contribution is 7.56. The molecule has 1 amide bonds. The third kappa shape index (κ3) is 4.46. The standard InChI is InChI=1S/C21H23F3NO4P/c1-3-28-30(27,29-4-2)19-18(16-10-12-17(13-11-16)21(22,23)24)25(20(19)26)14-15-8-6-5-7-9-15/h5-13,18-19H,3-4,14H2,1-2H3/t18-,19-/m0/s1. The van der Waals surface area contributed by atoms with Crippen molar-refractivity contribution in [1.29, 1.82) is 0 Å². The van der Waals surface area contributed by atoms with Gasteiger partial charge in [-0.2, -0.15) is 13.2 Å². The van der Waals surface area contributed by atoms with Gasteiger partial charge in [0.05, 0.1) is 24.8 Å². The van der Waals surface area contributed by atoms with Gasteiger partial charge in [0, 0.05) is 6.54 Å². The van der Waals surface area contributed by atoms with Gasteiger partial charge in [-0.15, -0.1) is 0 Å². The Kier molecular flexibility index (Phi) is 6.70. The molecule has 0 saturated carbocycles. The highest BCUT2D eigenvalue weighted by Crippen LogP contribution is 2.63. The molecule has 2 aromatic rings. The maximum absolute atomic E-state index is 13.3. The van der Waals surface area contributed by atoms with Crippen LogP contribution in [0.2, 0.25) is 0 Å². The van der Waals surface area contributed by atoms with Crippen molar-refractivity contribution in [2.24, 2.45) is 0 Å². The fourth-order valence-electron chi connectivity index (χ4n) is 3.58. The van der Waals surface area contributed by atoms with Crippen molar-refractivity contribution in [3.8, 4) is 0 Å². The van der Waals surface area contributed by atoms with Gasteiger partial charge in [-0.25, -0.2) is 0 Å². The number of alkyl halides is 3. The topological polar surface area (TPSA) is 55.8 Å². The highest BCUT2D eigenvalue weighted by atomic mass is 31.2. The Balaban J connectivity index is 1.98. The maximum Gasteiger partial charge on any atom is 0.416 e. The third-order valence-electron chi connectivity index (χ3n) is 4.90. The van der Waals surface area contributed by atoms with Crippen LogP contribution in [0.1, 0.15) is 36.6 Å². The van der Waals surface area contributed by atoms with Gasteiger partial charge in [0.15, 0.2) is 5.66 Å². The average molecular weight is 441 g/mol. The van der Waals surface area contributed by atoms with Crippen LogP contribution in [0.15, 0.2) is 54.6 Å². The van der Waals surface area contributed by atoms with E-state index in [-0.39, 0.29) is 19.8 Å². The molecule has 5 nitrogen and oxygen atoms in total. The first-order chi connectivity index (χ1) is 14.2. The predicted molar refractivity (Wildman–Crippen MR) is 106 cm³/mol. The van der Waals surface area contributed by atoms with Gasteiger partial charge in [0.25, 0.3) is 0 Å². The first-order valence-corrected chi connectivity index (χ1v) is 11.2. The van der Waals surface area contributed by atoms with Gasteiger partial charge < -0.3 is 13.9 Å². The second kappa shape index (κ2) is 8.92. The number of likely N-dealkylation sites (tertiary alicyclic amines) is 1. The molecule has 1 aliphatic rings. The van der Waals surface area contributed by atoms with E-state index in [4.69, 9.17) is 9.05 Å². The highest BCUT2D eigenvalue weighted by Gasteiger charge is 2.59. The lowest BCUT2D eigenvalue weighted by molar-refractivity contribution is -0.147. The average Bonchev–Trinajstić information content (AvgIpc) is 2.70. The lowest BCUT2D eigenvalue weighted by Crippen LogP contribution is -2.58. The van der Waals surface area contributed by atoms with Gasteiger partial charge in [-0.3, -0.25) is 9.36 Å². The van der Waals surface area contributed by atoms with Gasteiger partial charge in [0.2, 0.25) is 5.91 Å². The minimum atomic E-state index is -4.47. The summed E-state index contributed by atoms with van der Waals surface area (Å²) < 4.78 is 63.0. The molecule has 0 bridgehead atoms. The number of carbonyl (C=O) groups is 1. The summed E-state index contributed by atoms with van der Waals surface area (Å²) in [6.07, 6.45) is -4.47. The smallest absolute Gasteiger partial charge is 0.329 e. The number of rotatable bonds is 8. The fraction of sp³-hybridized carbons (Fsp3) is 0.381. The summed E-state index contributed by atoms with van der Waals surface area (Å²) in [6.45, 7) is 3.69. The summed E-state index contributed by atoms with van der Waals surface area (Å²) in [5, 5.41) is 0. The van der Waals surface area contributed by atoms with Crippen LogP contribution in [-0.2, 0) is 31.1 Å². The molecule has 30 heavy (non-hydrogen) atoms. The third-order valence-corrected chi connectivity index (χ3v) is 7.33. The minimum absolute atomic E-state index is 0.0828. The largest absolute Gasteiger partial charge is 0.416 e. The van der Waals surface area contributed by atoms with Gasteiger partial charge >= 0.3 is 13.8 Å². The number of halogens is 3. The van der Waals surface area contributed by atoms with Crippen molar-refractivity contribution in [3.63, 3.8) is 0 Å². The Morgan fingerprint density at radius 2 is 1.53 bits per heavy atom. The summed E-state index contributed by atoms with van der Waals surface area (Å²) in [6, 6.07) is 13.0. The molecule has 2 aromatic carbocycles. The van der Waals surface area contributed by atoms with Crippen LogP contribution < -0.4 is 0 Å². The Bertz CT molecular complexity index is 908. The van der Waals surface area contributed by atoms with E-state index in [0.29, 0.717) is 5.56 Å². The normalized spacial score (nSPS) is 19.6. The second-order valence-corrected chi connectivity index (χ2v) is 8.99. The Morgan fingerprint density at radius 1 is 0.967 bits per heavy atom. The van der Waals surface area contributed by atoms with E-state index in [1.54, 1.807) is 13.8 Å². The second-order valence-electron chi connectivity index (χ2n) is 6.84. The molecular formula is C21H23F3NO4P.